The van der Waals surface area contributed by atoms with Gasteiger partial charge >= 0.3 is 0 Å². The van der Waals surface area contributed by atoms with Gasteiger partial charge in [0, 0.05) is 30.4 Å². The minimum atomic E-state index is -0.676. The third-order valence-electron chi connectivity index (χ3n) is 5.44. The lowest BCUT2D eigenvalue weighted by molar-refractivity contribution is -0.140. The van der Waals surface area contributed by atoms with Crippen molar-refractivity contribution in [2.24, 2.45) is 0 Å². The summed E-state index contributed by atoms with van der Waals surface area (Å²) in [6, 6.07) is 13.2. The molecule has 0 saturated carbocycles. The van der Waals surface area contributed by atoms with Crippen molar-refractivity contribution in [2.75, 3.05) is 32.1 Å². The van der Waals surface area contributed by atoms with Crippen molar-refractivity contribution in [1.29, 1.82) is 0 Å². The average molecular weight is 424 g/mol. The first-order valence-electron chi connectivity index (χ1n) is 10.6. The number of anilines is 1. The average Bonchev–Trinajstić information content (AvgIpc) is 2.79. The van der Waals surface area contributed by atoms with Gasteiger partial charge in [0.15, 0.2) is 0 Å². The molecule has 1 heterocycles. The normalized spacial score (nSPS) is 16.6. The van der Waals surface area contributed by atoms with E-state index in [9.17, 15) is 9.59 Å². The van der Waals surface area contributed by atoms with Crippen LogP contribution in [0.5, 0.6) is 5.75 Å². The second-order valence-electron chi connectivity index (χ2n) is 9.25. The number of fused-ring (bicyclic) bond motifs is 1. The first kappa shape index (κ1) is 22.7. The molecule has 6 heteroatoms. The predicted molar refractivity (Wildman–Crippen MR) is 123 cm³/mol. The van der Waals surface area contributed by atoms with Gasteiger partial charge in [-0.05, 0) is 57.9 Å². The Morgan fingerprint density at radius 1 is 1.16 bits per heavy atom. The smallest absolute Gasteiger partial charge is 0.247 e. The highest BCUT2D eigenvalue weighted by atomic mass is 16.5. The SMILES string of the molecule is COc1ccc(CCN2C(=O)CN(C)c3ccc(C)cc3C2C(=O)NC(C)(C)C)cc1. The summed E-state index contributed by atoms with van der Waals surface area (Å²) in [6.45, 7) is 8.55. The summed E-state index contributed by atoms with van der Waals surface area (Å²) in [5, 5.41) is 3.09. The molecular weight excluding hydrogens is 390 g/mol. The molecule has 0 bridgehead atoms. The Balaban J connectivity index is 1.98. The van der Waals surface area contributed by atoms with Crippen LogP contribution in [0, 0.1) is 6.92 Å². The first-order valence-corrected chi connectivity index (χ1v) is 10.6. The summed E-state index contributed by atoms with van der Waals surface area (Å²) in [7, 11) is 3.54. The largest absolute Gasteiger partial charge is 0.497 e. The molecule has 2 aromatic carbocycles. The number of amides is 2. The lowest BCUT2D eigenvalue weighted by Gasteiger charge is -2.32. The van der Waals surface area contributed by atoms with Crippen LogP contribution in [0.25, 0.3) is 0 Å². The number of rotatable bonds is 5. The van der Waals surface area contributed by atoms with Crippen LogP contribution in [-0.4, -0.2) is 49.5 Å². The molecule has 0 aliphatic carbocycles. The Labute approximate surface area is 185 Å². The fourth-order valence-corrected chi connectivity index (χ4v) is 3.95. The number of nitrogens with zero attached hydrogens (tertiary/aromatic N) is 2. The van der Waals surface area contributed by atoms with E-state index >= 15 is 0 Å². The van der Waals surface area contributed by atoms with Gasteiger partial charge in [-0.3, -0.25) is 9.59 Å². The topological polar surface area (TPSA) is 61.9 Å². The molecule has 166 valence electrons. The second kappa shape index (κ2) is 9.00. The molecule has 1 aliphatic heterocycles. The van der Waals surface area contributed by atoms with Crippen molar-refractivity contribution >= 4 is 17.5 Å². The van der Waals surface area contributed by atoms with Crippen LogP contribution in [0.3, 0.4) is 0 Å². The minimum Gasteiger partial charge on any atom is -0.497 e. The van der Waals surface area contributed by atoms with E-state index in [1.807, 2.05) is 82.1 Å². The first-order chi connectivity index (χ1) is 14.6. The molecule has 0 aromatic heterocycles. The molecule has 2 aromatic rings. The highest BCUT2D eigenvalue weighted by Crippen LogP contribution is 2.34. The molecule has 0 saturated heterocycles. The number of likely N-dealkylation sites (N-methyl/N-ethyl adjacent to an activating group) is 1. The molecule has 1 N–H and O–H groups in total. The highest BCUT2D eigenvalue weighted by molar-refractivity contribution is 5.94. The molecular formula is C25H33N3O3. The van der Waals surface area contributed by atoms with Gasteiger partial charge in [0.05, 0.1) is 13.7 Å². The Bertz CT molecular complexity index is 947. The van der Waals surface area contributed by atoms with E-state index in [0.717, 1.165) is 28.1 Å². The van der Waals surface area contributed by atoms with Crippen LogP contribution >= 0.6 is 0 Å². The zero-order valence-electron chi connectivity index (χ0n) is 19.4. The molecule has 6 nitrogen and oxygen atoms in total. The van der Waals surface area contributed by atoms with Crippen molar-refractivity contribution in [2.45, 2.75) is 45.7 Å². The van der Waals surface area contributed by atoms with Gasteiger partial charge < -0.3 is 19.9 Å². The van der Waals surface area contributed by atoms with E-state index in [1.165, 1.54) is 0 Å². The third-order valence-corrected chi connectivity index (χ3v) is 5.44. The number of benzene rings is 2. The number of carbonyl (C=O) groups excluding carboxylic acids is 2. The number of carbonyl (C=O) groups is 2. The van der Waals surface area contributed by atoms with Crippen molar-refractivity contribution in [3.8, 4) is 5.75 Å². The number of hydrogen-bond acceptors (Lipinski definition) is 4. The van der Waals surface area contributed by atoms with E-state index in [-0.39, 0.29) is 18.4 Å². The maximum absolute atomic E-state index is 13.5. The molecule has 2 amide bonds. The van der Waals surface area contributed by atoms with E-state index in [1.54, 1.807) is 12.0 Å². The Morgan fingerprint density at radius 3 is 2.45 bits per heavy atom. The van der Waals surface area contributed by atoms with Gasteiger partial charge in [-0.2, -0.15) is 0 Å². The van der Waals surface area contributed by atoms with Crippen molar-refractivity contribution < 1.29 is 14.3 Å². The summed E-state index contributed by atoms with van der Waals surface area (Å²) in [6.07, 6.45) is 0.653. The van der Waals surface area contributed by atoms with Crippen LogP contribution < -0.4 is 15.0 Å². The molecule has 1 unspecified atom stereocenters. The van der Waals surface area contributed by atoms with Gasteiger partial charge in [0.2, 0.25) is 11.8 Å². The van der Waals surface area contributed by atoms with Crippen LogP contribution in [0.1, 0.15) is 43.5 Å². The van der Waals surface area contributed by atoms with E-state index < -0.39 is 11.6 Å². The molecule has 31 heavy (non-hydrogen) atoms. The quantitative estimate of drug-likeness (QED) is 0.800. The Kier molecular flexibility index (Phi) is 6.58. The summed E-state index contributed by atoms with van der Waals surface area (Å²) >= 11 is 0. The Morgan fingerprint density at radius 2 is 1.84 bits per heavy atom. The second-order valence-corrected chi connectivity index (χ2v) is 9.25. The van der Waals surface area contributed by atoms with Gasteiger partial charge in [-0.15, -0.1) is 0 Å². The lowest BCUT2D eigenvalue weighted by Crippen LogP contribution is -2.50. The van der Waals surface area contributed by atoms with Gasteiger partial charge in [-0.1, -0.05) is 29.8 Å². The maximum atomic E-state index is 13.5. The van der Waals surface area contributed by atoms with Gasteiger partial charge in [0.25, 0.3) is 0 Å². The highest BCUT2D eigenvalue weighted by Gasteiger charge is 2.37. The zero-order valence-corrected chi connectivity index (χ0v) is 19.4. The molecule has 0 radical (unpaired) electrons. The standard InChI is InChI=1S/C25H33N3O3/c1-17-7-12-21-20(15-17)23(24(30)26-25(2,3)4)28(22(29)16-27(21)5)14-13-18-8-10-19(31-6)11-9-18/h7-12,15,23H,13-14,16H2,1-6H3,(H,26,30). The minimum absolute atomic E-state index is 0.0566. The van der Waals surface area contributed by atoms with Crippen LogP contribution in [-0.2, 0) is 16.0 Å². The van der Waals surface area contributed by atoms with Crippen molar-refractivity contribution in [3.05, 3.63) is 59.2 Å². The van der Waals surface area contributed by atoms with Crippen LogP contribution in [0.15, 0.2) is 42.5 Å². The molecule has 0 spiro atoms. The van der Waals surface area contributed by atoms with Crippen molar-refractivity contribution in [3.63, 3.8) is 0 Å². The van der Waals surface area contributed by atoms with Gasteiger partial charge in [-0.25, -0.2) is 0 Å². The molecule has 3 rings (SSSR count). The number of methoxy groups -OCH3 is 1. The summed E-state index contributed by atoms with van der Waals surface area (Å²) in [5.41, 5.74) is 3.53. The maximum Gasteiger partial charge on any atom is 0.247 e. The number of ether oxygens (including phenoxy) is 1. The monoisotopic (exact) mass is 423 g/mol. The fourth-order valence-electron chi connectivity index (χ4n) is 3.95. The van der Waals surface area contributed by atoms with Crippen LogP contribution in [0.4, 0.5) is 5.69 Å². The van der Waals surface area contributed by atoms with E-state index in [4.69, 9.17) is 4.74 Å². The molecule has 1 aliphatic rings. The summed E-state index contributed by atoms with van der Waals surface area (Å²) in [5.74, 6) is 0.583. The zero-order chi connectivity index (χ0) is 22.8. The van der Waals surface area contributed by atoms with E-state index in [0.29, 0.717) is 13.0 Å². The lowest BCUT2D eigenvalue weighted by atomic mass is 9.98. The summed E-state index contributed by atoms with van der Waals surface area (Å²) in [4.78, 5) is 30.4. The molecule has 1 atom stereocenters. The Hall–Kier alpha value is -3.02. The third kappa shape index (κ3) is 5.37. The predicted octanol–water partition coefficient (Wildman–Crippen LogP) is 3.48. The molecule has 0 fully saturated rings. The number of nitrogens with one attached hydrogen (secondary N) is 1. The summed E-state index contributed by atoms with van der Waals surface area (Å²) < 4.78 is 5.23. The van der Waals surface area contributed by atoms with Gasteiger partial charge in [0.1, 0.15) is 11.8 Å². The number of aryl methyl sites for hydroxylation is 1. The fraction of sp³-hybridized carbons (Fsp3) is 0.440. The van der Waals surface area contributed by atoms with Crippen LogP contribution in [0.2, 0.25) is 0 Å². The number of hydrogen-bond donors (Lipinski definition) is 1. The van der Waals surface area contributed by atoms with Crippen molar-refractivity contribution in [1.82, 2.24) is 10.2 Å². The van der Waals surface area contributed by atoms with E-state index in [2.05, 4.69) is 5.32 Å².